The number of hydrogen-bond acceptors (Lipinski definition) is 7. The van der Waals surface area contributed by atoms with Crippen LogP contribution in [0.5, 0.6) is 0 Å². The molecule has 0 aliphatic rings. The first kappa shape index (κ1) is 19.6. The van der Waals surface area contributed by atoms with E-state index in [4.69, 9.17) is 9.15 Å². The highest BCUT2D eigenvalue weighted by molar-refractivity contribution is 7.99. The molecular formula is C19H15FN2O5S. The fraction of sp³-hybridized carbons (Fsp3) is 0.158. The number of nitrogens with one attached hydrogen (secondary N) is 1. The van der Waals surface area contributed by atoms with Gasteiger partial charge in [-0.3, -0.25) is 14.4 Å². The largest absolute Gasteiger partial charge is 0.457 e. The SMILES string of the molecule is CC(=O)Nc1ccc(C(=O)COC(=O)CSc2nc3ccccc3o2)c(F)c1. The van der Waals surface area contributed by atoms with Gasteiger partial charge < -0.3 is 14.5 Å². The Bertz CT molecular complexity index is 1020. The molecule has 1 aromatic heterocycles. The lowest BCUT2D eigenvalue weighted by molar-refractivity contribution is -0.139. The first-order valence-electron chi connectivity index (χ1n) is 8.16. The van der Waals surface area contributed by atoms with Crippen molar-refractivity contribution in [1.29, 1.82) is 0 Å². The van der Waals surface area contributed by atoms with Crippen LogP contribution in [0.15, 0.2) is 52.1 Å². The van der Waals surface area contributed by atoms with Crippen LogP contribution in [0.3, 0.4) is 0 Å². The molecule has 3 aromatic rings. The number of benzene rings is 2. The Morgan fingerprint density at radius 3 is 2.71 bits per heavy atom. The summed E-state index contributed by atoms with van der Waals surface area (Å²) in [4.78, 5) is 39.0. The first-order valence-corrected chi connectivity index (χ1v) is 9.15. The molecule has 3 rings (SSSR count). The molecule has 1 heterocycles. The molecule has 0 aliphatic carbocycles. The van der Waals surface area contributed by atoms with E-state index in [1.807, 2.05) is 12.1 Å². The van der Waals surface area contributed by atoms with Crippen LogP contribution in [0, 0.1) is 5.82 Å². The normalized spacial score (nSPS) is 10.6. The van der Waals surface area contributed by atoms with Crippen LogP contribution in [-0.2, 0) is 14.3 Å². The fourth-order valence-electron chi connectivity index (χ4n) is 2.32. The highest BCUT2D eigenvalue weighted by Crippen LogP contribution is 2.23. The zero-order valence-corrected chi connectivity index (χ0v) is 15.5. The third-order valence-electron chi connectivity index (χ3n) is 3.54. The van der Waals surface area contributed by atoms with E-state index in [2.05, 4.69) is 10.3 Å². The number of nitrogens with zero attached hydrogens (tertiary/aromatic N) is 1. The maximum Gasteiger partial charge on any atom is 0.316 e. The Labute approximate surface area is 163 Å². The van der Waals surface area contributed by atoms with E-state index in [1.165, 1.54) is 19.1 Å². The number of carbonyl (C=O) groups is 3. The number of thioether (sulfide) groups is 1. The second-order valence-corrected chi connectivity index (χ2v) is 6.62. The van der Waals surface area contributed by atoms with Gasteiger partial charge >= 0.3 is 5.97 Å². The molecule has 0 unspecified atom stereocenters. The number of halogens is 1. The van der Waals surface area contributed by atoms with Crippen LogP contribution in [-0.4, -0.2) is 35.0 Å². The topological polar surface area (TPSA) is 98.5 Å². The molecule has 2 aromatic carbocycles. The maximum atomic E-state index is 14.0. The van der Waals surface area contributed by atoms with Gasteiger partial charge in [0, 0.05) is 12.6 Å². The Balaban J connectivity index is 1.51. The number of carbonyl (C=O) groups excluding carboxylic acids is 3. The van der Waals surface area contributed by atoms with Crippen molar-refractivity contribution in [2.45, 2.75) is 12.1 Å². The number of ketones is 1. The van der Waals surface area contributed by atoms with Crippen molar-refractivity contribution in [2.75, 3.05) is 17.7 Å². The van der Waals surface area contributed by atoms with Crippen LogP contribution < -0.4 is 5.32 Å². The average Bonchev–Trinajstić information content (AvgIpc) is 3.07. The number of amides is 1. The summed E-state index contributed by atoms with van der Waals surface area (Å²) in [6.45, 7) is 0.693. The van der Waals surface area contributed by atoms with Crippen molar-refractivity contribution in [2.24, 2.45) is 0 Å². The Kier molecular flexibility index (Phi) is 6.05. The molecule has 0 saturated heterocycles. The van der Waals surface area contributed by atoms with Gasteiger partial charge in [0.05, 0.1) is 5.56 Å². The van der Waals surface area contributed by atoms with Gasteiger partial charge in [0.1, 0.15) is 17.1 Å². The standard InChI is InChI=1S/C19H15FN2O5S/c1-11(23)21-12-6-7-13(14(20)8-12)16(24)9-26-18(25)10-28-19-22-15-4-2-3-5-17(15)27-19/h2-8H,9-10H2,1H3,(H,21,23). The van der Waals surface area contributed by atoms with Gasteiger partial charge in [-0.2, -0.15) is 0 Å². The average molecular weight is 402 g/mol. The number of aromatic nitrogens is 1. The summed E-state index contributed by atoms with van der Waals surface area (Å²) < 4.78 is 24.4. The van der Waals surface area contributed by atoms with E-state index in [1.54, 1.807) is 12.1 Å². The zero-order chi connectivity index (χ0) is 20.1. The quantitative estimate of drug-likeness (QED) is 0.367. The predicted octanol–water partition coefficient (Wildman–Crippen LogP) is 3.44. The molecule has 144 valence electrons. The van der Waals surface area contributed by atoms with E-state index in [0.717, 1.165) is 17.8 Å². The van der Waals surface area contributed by atoms with Gasteiger partial charge in [0.25, 0.3) is 5.22 Å². The number of ether oxygens (including phenoxy) is 1. The fourth-order valence-corrected chi connectivity index (χ4v) is 2.96. The van der Waals surface area contributed by atoms with E-state index in [9.17, 15) is 18.8 Å². The predicted molar refractivity (Wildman–Crippen MR) is 101 cm³/mol. The molecule has 0 aliphatic heterocycles. The molecule has 0 bridgehead atoms. The van der Waals surface area contributed by atoms with Crippen molar-refractivity contribution in [3.8, 4) is 0 Å². The minimum atomic E-state index is -0.812. The Morgan fingerprint density at radius 2 is 2.00 bits per heavy atom. The molecule has 0 fully saturated rings. The monoisotopic (exact) mass is 402 g/mol. The summed E-state index contributed by atoms with van der Waals surface area (Å²) in [6.07, 6.45) is 0. The third kappa shape index (κ3) is 4.95. The lowest BCUT2D eigenvalue weighted by Gasteiger charge is -2.07. The van der Waals surface area contributed by atoms with Crippen molar-refractivity contribution < 1.29 is 27.9 Å². The van der Waals surface area contributed by atoms with Crippen molar-refractivity contribution in [3.05, 3.63) is 53.8 Å². The van der Waals surface area contributed by atoms with E-state index < -0.39 is 24.2 Å². The molecule has 1 N–H and O–H groups in total. The second-order valence-electron chi connectivity index (χ2n) is 5.70. The van der Waals surface area contributed by atoms with E-state index >= 15 is 0 Å². The highest BCUT2D eigenvalue weighted by atomic mass is 32.2. The number of oxazole rings is 1. The molecule has 28 heavy (non-hydrogen) atoms. The van der Waals surface area contributed by atoms with Gasteiger partial charge in [-0.15, -0.1) is 0 Å². The number of fused-ring (bicyclic) bond motifs is 1. The minimum absolute atomic E-state index is 0.107. The van der Waals surface area contributed by atoms with Crippen LogP contribution >= 0.6 is 11.8 Å². The number of esters is 1. The summed E-state index contributed by atoms with van der Waals surface area (Å²) >= 11 is 1.03. The smallest absolute Gasteiger partial charge is 0.316 e. The number of rotatable bonds is 7. The summed E-state index contributed by atoms with van der Waals surface area (Å²) in [5.74, 6) is -2.62. The van der Waals surface area contributed by atoms with Gasteiger partial charge in [-0.25, -0.2) is 9.37 Å². The van der Waals surface area contributed by atoms with Gasteiger partial charge in [-0.05, 0) is 30.3 Å². The number of Topliss-reactive ketones (excluding diaryl/α,β-unsaturated/α-hetero) is 1. The summed E-state index contributed by atoms with van der Waals surface area (Å²) in [5, 5.41) is 2.72. The maximum absolute atomic E-state index is 14.0. The van der Waals surface area contributed by atoms with E-state index in [-0.39, 0.29) is 22.9 Å². The second kappa shape index (κ2) is 8.66. The van der Waals surface area contributed by atoms with Gasteiger partial charge in [0.15, 0.2) is 12.2 Å². The zero-order valence-electron chi connectivity index (χ0n) is 14.7. The Hall–Kier alpha value is -3.20. The molecular weight excluding hydrogens is 387 g/mol. The Morgan fingerprint density at radius 1 is 1.21 bits per heavy atom. The third-order valence-corrected chi connectivity index (χ3v) is 4.34. The number of anilines is 1. The summed E-state index contributed by atoms with van der Waals surface area (Å²) in [6, 6.07) is 10.8. The number of para-hydroxylation sites is 2. The minimum Gasteiger partial charge on any atom is -0.457 e. The molecule has 7 nitrogen and oxygen atoms in total. The first-order chi connectivity index (χ1) is 13.4. The van der Waals surface area contributed by atoms with Crippen molar-refractivity contribution in [1.82, 2.24) is 4.98 Å². The number of hydrogen-bond donors (Lipinski definition) is 1. The van der Waals surface area contributed by atoms with Gasteiger partial charge in [-0.1, -0.05) is 23.9 Å². The van der Waals surface area contributed by atoms with Crippen LogP contribution in [0.2, 0.25) is 0 Å². The lowest BCUT2D eigenvalue weighted by atomic mass is 10.1. The lowest BCUT2D eigenvalue weighted by Crippen LogP contribution is -2.17. The molecule has 9 heteroatoms. The van der Waals surface area contributed by atoms with Crippen LogP contribution in [0.25, 0.3) is 11.1 Å². The van der Waals surface area contributed by atoms with Crippen LogP contribution in [0.4, 0.5) is 10.1 Å². The van der Waals surface area contributed by atoms with E-state index in [0.29, 0.717) is 16.3 Å². The van der Waals surface area contributed by atoms with Crippen LogP contribution in [0.1, 0.15) is 17.3 Å². The molecule has 0 radical (unpaired) electrons. The summed E-state index contributed by atoms with van der Waals surface area (Å²) in [5.41, 5.74) is 1.28. The molecule has 1 amide bonds. The highest BCUT2D eigenvalue weighted by Gasteiger charge is 2.16. The summed E-state index contributed by atoms with van der Waals surface area (Å²) in [7, 11) is 0. The van der Waals surface area contributed by atoms with Crippen molar-refractivity contribution in [3.63, 3.8) is 0 Å². The van der Waals surface area contributed by atoms with Gasteiger partial charge in [0.2, 0.25) is 11.7 Å². The van der Waals surface area contributed by atoms with Crippen molar-refractivity contribution >= 4 is 46.2 Å². The molecule has 0 saturated carbocycles. The molecule has 0 spiro atoms. The molecule has 0 atom stereocenters.